The average molecular weight is 203 g/mol. The second-order valence-corrected chi connectivity index (χ2v) is 4.65. The van der Waals surface area contributed by atoms with Crippen molar-refractivity contribution in [3.8, 4) is 0 Å². The van der Waals surface area contributed by atoms with Gasteiger partial charge in [0.1, 0.15) is 0 Å². The minimum Gasteiger partial charge on any atom is -0.492 e. The highest BCUT2D eigenvalue weighted by molar-refractivity contribution is 6.46. The van der Waals surface area contributed by atoms with E-state index in [0.29, 0.717) is 0 Å². The van der Waals surface area contributed by atoms with Crippen molar-refractivity contribution < 1.29 is 13.6 Å². The molecule has 0 fully saturated rings. The molecule has 0 aromatic heterocycles. The van der Waals surface area contributed by atoms with Gasteiger partial charge in [-0.2, -0.15) is 0 Å². The Balaban J connectivity index is 3.59. The van der Waals surface area contributed by atoms with E-state index in [-0.39, 0.29) is 5.97 Å². The van der Waals surface area contributed by atoms with Crippen molar-refractivity contribution in [2.75, 3.05) is 6.61 Å². The van der Waals surface area contributed by atoms with Gasteiger partial charge in [-0.05, 0) is 6.42 Å². The molecule has 0 spiro atoms. The van der Waals surface area contributed by atoms with Crippen molar-refractivity contribution >= 4 is 15.3 Å². The maximum atomic E-state index is 10.7. The predicted molar refractivity (Wildman–Crippen MR) is 53.5 cm³/mol. The van der Waals surface area contributed by atoms with Crippen LogP contribution in [0.5, 0.6) is 0 Å². The number of hydrogen-bond acceptors (Lipinski definition) is 3. The first kappa shape index (κ1) is 12.6. The van der Waals surface area contributed by atoms with Crippen LogP contribution >= 0.6 is 0 Å². The summed E-state index contributed by atoms with van der Waals surface area (Å²) >= 11 is 0. The fourth-order valence-corrected chi connectivity index (χ4v) is 2.25. The first-order valence-electron chi connectivity index (χ1n) is 4.87. The van der Waals surface area contributed by atoms with Crippen molar-refractivity contribution in [1.82, 2.24) is 0 Å². The zero-order valence-corrected chi connectivity index (χ0v) is 9.76. The van der Waals surface area contributed by atoms with E-state index in [1.807, 2.05) is 0 Å². The molecule has 0 N–H and O–H groups in total. The van der Waals surface area contributed by atoms with Gasteiger partial charge in [0.05, 0.1) is 0 Å². The minimum absolute atomic E-state index is 0.223. The van der Waals surface area contributed by atoms with Gasteiger partial charge >= 0.3 is 9.28 Å². The summed E-state index contributed by atoms with van der Waals surface area (Å²) in [7, 11) is -1.32. The molecule has 0 bridgehead atoms. The fraction of sp³-hybridized carbons (Fsp3) is 0.889. The topological polar surface area (TPSA) is 35.5 Å². The third-order valence-electron chi connectivity index (χ3n) is 1.47. The van der Waals surface area contributed by atoms with E-state index in [1.165, 1.54) is 6.92 Å². The number of rotatable bonds is 7. The standard InChI is InChI=1S/C9H19O3Si/c1-4-6-7-11-13(8-5-2)12-9(3)10/h4-8H2,1-3H3. The Kier molecular flexibility index (Phi) is 8.03. The highest BCUT2D eigenvalue weighted by atomic mass is 28.3. The Bertz CT molecular complexity index is 139. The summed E-state index contributed by atoms with van der Waals surface area (Å²) in [4.78, 5) is 10.7. The molecule has 0 heterocycles. The van der Waals surface area contributed by atoms with Crippen LogP contribution < -0.4 is 0 Å². The van der Waals surface area contributed by atoms with Crippen molar-refractivity contribution in [3.05, 3.63) is 0 Å². The van der Waals surface area contributed by atoms with Gasteiger partial charge in [-0.25, -0.2) is 0 Å². The third kappa shape index (κ3) is 7.99. The molecule has 0 amide bonds. The van der Waals surface area contributed by atoms with Gasteiger partial charge in [0, 0.05) is 19.6 Å². The molecule has 77 valence electrons. The van der Waals surface area contributed by atoms with Gasteiger partial charge in [0.2, 0.25) is 0 Å². The average Bonchev–Trinajstić information content (AvgIpc) is 2.04. The molecule has 0 saturated carbocycles. The number of carbonyl (C=O) groups excluding carboxylic acids is 1. The van der Waals surface area contributed by atoms with E-state index in [9.17, 15) is 4.79 Å². The summed E-state index contributed by atoms with van der Waals surface area (Å²) in [5.41, 5.74) is 0. The lowest BCUT2D eigenvalue weighted by molar-refractivity contribution is -0.133. The number of hydrogen-bond donors (Lipinski definition) is 0. The van der Waals surface area contributed by atoms with Crippen LogP contribution in [0.3, 0.4) is 0 Å². The Morgan fingerprint density at radius 3 is 2.46 bits per heavy atom. The number of carbonyl (C=O) groups is 1. The molecule has 0 aliphatic carbocycles. The maximum absolute atomic E-state index is 10.7. The molecule has 4 heteroatoms. The molecule has 3 nitrogen and oxygen atoms in total. The van der Waals surface area contributed by atoms with Gasteiger partial charge in [0.15, 0.2) is 0 Å². The second-order valence-electron chi connectivity index (χ2n) is 2.92. The monoisotopic (exact) mass is 203 g/mol. The molecular formula is C9H19O3Si. The largest absolute Gasteiger partial charge is 0.492 e. The molecule has 13 heavy (non-hydrogen) atoms. The maximum Gasteiger partial charge on any atom is 0.459 e. The van der Waals surface area contributed by atoms with Crippen LogP contribution in [0.15, 0.2) is 0 Å². The lowest BCUT2D eigenvalue weighted by Crippen LogP contribution is -2.25. The zero-order valence-electron chi connectivity index (χ0n) is 8.76. The van der Waals surface area contributed by atoms with Crippen LogP contribution in [0.2, 0.25) is 6.04 Å². The summed E-state index contributed by atoms with van der Waals surface area (Å²) in [6.07, 6.45) is 3.16. The van der Waals surface area contributed by atoms with E-state index >= 15 is 0 Å². The highest BCUT2D eigenvalue weighted by Gasteiger charge is 2.17. The van der Waals surface area contributed by atoms with Crippen LogP contribution in [0.4, 0.5) is 0 Å². The van der Waals surface area contributed by atoms with Gasteiger partial charge in [-0.3, -0.25) is 4.79 Å². The van der Waals surface area contributed by atoms with Crippen molar-refractivity contribution in [2.45, 2.75) is 46.1 Å². The fourth-order valence-electron chi connectivity index (χ4n) is 0.847. The van der Waals surface area contributed by atoms with Crippen LogP contribution in [0.25, 0.3) is 0 Å². The Morgan fingerprint density at radius 1 is 1.31 bits per heavy atom. The van der Waals surface area contributed by atoms with Gasteiger partial charge < -0.3 is 8.85 Å². The smallest absolute Gasteiger partial charge is 0.459 e. The SMILES string of the molecule is CCCCO[Si](CCC)OC(C)=O. The van der Waals surface area contributed by atoms with Crippen molar-refractivity contribution in [2.24, 2.45) is 0 Å². The Hall–Kier alpha value is -0.353. The molecule has 0 unspecified atom stereocenters. The first-order valence-corrected chi connectivity index (χ1v) is 6.40. The third-order valence-corrected chi connectivity index (χ3v) is 3.42. The molecule has 0 saturated heterocycles. The normalized spacial score (nSPS) is 10.5. The van der Waals surface area contributed by atoms with Crippen molar-refractivity contribution in [1.29, 1.82) is 0 Å². The van der Waals surface area contributed by atoms with E-state index in [0.717, 1.165) is 31.9 Å². The van der Waals surface area contributed by atoms with Gasteiger partial charge in [0.25, 0.3) is 5.97 Å². The second kappa shape index (κ2) is 8.25. The number of unbranched alkanes of at least 4 members (excludes halogenated alkanes) is 1. The zero-order chi connectivity index (χ0) is 10.1. The molecule has 0 aliphatic rings. The molecular weight excluding hydrogens is 184 g/mol. The van der Waals surface area contributed by atoms with Crippen LogP contribution in [-0.2, 0) is 13.6 Å². The molecule has 0 atom stereocenters. The lowest BCUT2D eigenvalue weighted by Gasteiger charge is -2.12. The van der Waals surface area contributed by atoms with Crippen LogP contribution in [-0.4, -0.2) is 21.9 Å². The molecule has 0 aromatic carbocycles. The van der Waals surface area contributed by atoms with E-state index in [1.54, 1.807) is 0 Å². The quantitative estimate of drug-likeness (QED) is 0.470. The predicted octanol–water partition coefficient (Wildman–Crippen LogP) is 2.26. The van der Waals surface area contributed by atoms with E-state index < -0.39 is 9.28 Å². The first-order chi connectivity index (χ1) is 6.20. The molecule has 1 radical (unpaired) electrons. The summed E-state index contributed by atoms with van der Waals surface area (Å²) < 4.78 is 10.6. The van der Waals surface area contributed by atoms with Gasteiger partial charge in [-0.1, -0.05) is 26.7 Å². The van der Waals surface area contributed by atoms with Crippen LogP contribution in [0, 0.1) is 0 Å². The molecule has 0 aromatic rings. The van der Waals surface area contributed by atoms with Crippen molar-refractivity contribution in [3.63, 3.8) is 0 Å². The minimum atomic E-state index is -1.32. The molecule has 0 rings (SSSR count). The summed E-state index contributed by atoms with van der Waals surface area (Å²) in [5.74, 6) is -0.223. The summed E-state index contributed by atoms with van der Waals surface area (Å²) in [5, 5.41) is 0. The summed E-state index contributed by atoms with van der Waals surface area (Å²) in [6.45, 7) is 6.33. The lowest BCUT2D eigenvalue weighted by atomic mass is 10.4. The Labute approximate surface area is 82.3 Å². The van der Waals surface area contributed by atoms with Crippen LogP contribution in [0.1, 0.15) is 40.0 Å². The summed E-state index contributed by atoms with van der Waals surface area (Å²) in [6, 6.07) is 0.883. The van der Waals surface area contributed by atoms with E-state index in [2.05, 4.69) is 13.8 Å². The highest BCUT2D eigenvalue weighted by Crippen LogP contribution is 2.02. The Morgan fingerprint density at radius 2 is 2.00 bits per heavy atom. The van der Waals surface area contributed by atoms with Gasteiger partial charge in [-0.15, -0.1) is 0 Å². The molecule has 0 aliphatic heterocycles. The van der Waals surface area contributed by atoms with E-state index in [4.69, 9.17) is 8.85 Å².